The van der Waals surface area contributed by atoms with Crippen LogP contribution in [-0.2, 0) is 55.8 Å². The molecule has 111 heavy (non-hydrogen) atoms. The molecule has 14 aliphatic heterocycles. The van der Waals surface area contributed by atoms with E-state index in [1.807, 2.05) is 41.8 Å². The summed E-state index contributed by atoms with van der Waals surface area (Å²) >= 11 is 3.18. The number of hydrogen-bond acceptors (Lipinski definition) is 28. The van der Waals surface area contributed by atoms with Crippen molar-refractivity contribution < 1.29 is 92.0 Å². The lowest BCUT2D eigenvalue weighted by Crippen LogP contribution is -2.70. The summed E-state index contributed by atoms with van der Waals surface area (Å²) in [7, 11) is 10.2. The van der Waals surface area contributed by atoms with Crippen LogP contribution >= 0.6 is 23.5 Å². The number of nitrogens with one attached hydrogen (secondary N) is 2. The van der Waals surface area contributed by atoms with Crippen molar-refractivity contribution in [1.29, 1.82) is 5.26 Å². The fourth-order valence-electron chi connectivity index (χ4n) is 20.4. The second-order valence-electron chi connectivity index (χ2n) is 30.5. The van der Waals surface area contributed by atoms with Crippen molar-refractivity contribution in [3.63, 3.8) is 0 Å². The number of esters is 2. The smallest absolute Gasteiger partial charge is 0.331 e. The van der Waals surface area contributed by atoms with Gasteiger partial charge in [0.25, 0.3) is 0 Å². The number of aryl methyl sites for hydroxylation is 2. The number of nitrogens with zero attached hydrogens (tertiary/aromatic N) is 5. The van der Waals surface area contributed by atoms with Gasteiger partial charge in [0.05, 0.1) is 88.4 Å². The fourth-order valence-corrected chi connectivity index (χ4v) is 23.8. The average molecular weight is 1560 g/mol. The van der Waals surface area contributed by atoms with E-state index < -0.39 is 76.0 Å². The van der Waals surface area contributed by atoms with Crippen molar-refractivity contribution in [2.75, 3.05) is 107 Å². The third-order valence-electron chi connectivity index (χ3n) is 25.1. The predicted molar refractivity (Wildman–Crippen MR) is 415 cm³/mol. The lowest BCUT2D eigenvalue weighted by atomic mass is 9.71. The maximum absolute atomic E-state index is 14.8. The van der Waals surface area contributed by atoms with Gasteiger partial charge in [-0.15, -0.1) is 23.5 Å². The molecule has 14 aliphatic rings. The number of thioether (sulfide) groups is 2. The molecule has 0 radical (unpaired) electrons. The minimum absolute atomic E-state index is 0. The van der Waals surface area contributed by atoms with Crippen LogP contribution in [0.1, 0.15) is 165 Å². The highest BCUT2D eigenvalue weighted by molar-refractivity contribution is 7.99. The van der Waals surface area contributed by atoms with E-state index in [9.17, 15) is 40.4 Å². The molecule has 7 N–H and O–H groups in total. The first-order valence-corrected chi connectivity index (χ1v) is 39.7. The summed E-state index contributed by atoms with van der Waals surface area (Å²) < 4.78 is 73.8. The van der Waals surface area contributed by atoms with Crippen molar-refractivity contribution in [3.05, 3.63) is 125 Å². The Bertz CT molecular complexity index is 4810. The molecular formula is C83H101N7O19S2. The number of hydrogen-bond donors (Lipinski definition) is 7. The molecule has 26 nitrogen and oxygen atoms in total. The van der Waals surface area contributed by atoms with Crippen LogP contribution in [0.25, 0.3) is 0 Å². The van der Waals surface area contributed by atoms with Gasteiger partial charge in [-0.3, -0.25) is 30.2 Å². The van der Waals surface area contributed by atoms with Crippen LogP contribution in [-0.4, -0.2) is 201 Å². The van der Waals surface area contributed by atoms with Gasteiger partial charge in [-0.05, 0) is 149 Å². The zero-order valence-corrected chi connectivity index (χ0v) is 64.8. The number of aliphatic hydroxyl groups excluding tert-OH is 1. The van der Waals surface area contributed by atoms with Gasteiger partial charge in [-0.2, -0.15) is 5.26 Å². The van der Waals surface area contributed by atoms with Gasteiger partial charge in [-0.1, -0.05) is 40.8 Å². The molecule has 20 rings (SSSR count). The number of nitriles is 1. The number of carbonyl (C=O) groups excluding carboxylic acids is 2. The predicted octanol–water partition coefficient (Wildman–Crippen LogP) is 10.4. The molecule has 0 saturated carbocycles. The SMILES string of the molecule is C.C.CCCOc1c(C)c2c(c3c1[C@H]1SC[C@]4(NCCc5cc(O)c(OC)cc54)C(=O)OC[C@@H]3N3C1[C@H]1c4c(cc(C)c(OC)c4O)C[C@@H]([C@@H]3C#N)N1C)OCO2.CCCOc1c(C)c2c(c3c1[C@H]1SC[C@]4(NCCc5cc(O)c(OC)cc54)C(=O)OC[C@@H]3N3C1[C@H]1c4c(cc(C)c(OC)c4O)C[C@@H]([C@@H]3O)N1C)OCO2. The van der Waals surface area contributed by atoms with E-state index in [0.717, 1.165) is 90.7 Å². The molecule has 14 atom stereocenters. The highest BCUT2D eigenvalue weighted by Gasteiger charge is 2.65. The summed E-state index contributed by atoms with van der Waals surface area (Å²) in [5, 5.41) is 75.7. The summed E-state index contributed by atoms with van der Waals surface area (Å²) in [6, 6.07) is 9.59. The molecule has 0 aliphatic carbocycles. The first-order chi connectivity index (χ1) is 52.6. The summed E-state index contributed by atoms with van der Waals surface area (Å²) in [6.45, 7) is 13.7. The molecule has 6 aromatic rings. The van der Waals surface area contributed by atoms with Crippen LogP contribution in [0.5, 0.6) is 80.5 Å². The van der Waals surface area contributed by atoms with Crippen LogP contribution < -0.4 is 58.0 Å². The minimum atomic E-state index is -1.29. The van der Waals surface area contributed by atoms with Gasteiger partial charge in [0.2, 0.25) is 13.6 Å². The van der Waals surface area contributed by atoms with Crippen molar-refractivity contribution >= 4 is 35.5 Å². The van der Waals surface area contributed by atoms with E-state index in [2.05, 4.69) is 62.3 Å². The monoisotopic (exact) mass is 1560 g/mol. The Morgan fingerprint density at radius 2 is 0.973 bits per heavy atom. The molecule has 2 unspecified atom stereocenters. The Morgan fingerprint density at radius 1 is 0.550 bits per heavy atom. The topological polar surface area (TPSA) is 307 Å². The highest BCUT2D eigenvalue weighted by Crippen LogP contribution is 2.68. The number of fused-ring (bicyclic) bond motifs is 18. The Labute approximate surface area is 655 Å². The zero-order valence-electron chi connectivity index (χ0n) is 63.2. The number of piperazine rings is 2. The molecular weight excluding hydrogens is 1460 g/mol. The van der Waals surface area contributed by atoms with Crippen LogP contribution in [0.2, 0.25) is 0 Å². The van der Waals surface area contributed by atoms with Gasteiger partial charge >= 0.3 is 11.9 Å². The fraction of sp³-hybridized carbons (Fsp3) is 0.530. The molecule has 2 spiro atoms. The van der Waals surface area contributed by atoms with Crippen molar-refractivity contribution in [2.45, 2.75) is 177 Å². The van der Waals surface area contributed by atoms with Crippen LogP contribution in [0.3, 0.4) is 0 Å². The largest absolute Gasteiger partial charge is 0.504 e. The van der Waals surface area contributed by atoms with E-state index in [1.165, 1.54) is 14.2 Å². The normalized spacial score (nSPS) is 28.7. The van der Waals surface area contributed by atoms with E-state index in [4.69, 9.17) is 56.8 Å². The first-order valence-electron chi connectivity index (χ1n) is 37.6. The molecule has 28 heteroatoms. The minimum Gasteiger partial charge on any atom is -0.504 e. The zero-order chi connectivity index (χ0) is 76.3. The van der Waals surface area contributed by atoms with Gasteiger partial charge in [0.15, 0.2) is 80.1 Å². The molecule has 14 heterocycles. The number of aromatic hydroxyl groups is 4. The molecule has 0 amide bonds. The molecule has 594 valence electrons. The third kappa shape index (κ3) is 11.3. The number of aliphatic hydroxyl groups is 1. The van der Waals surface area contributed by atoms with Crippen LogP contribution in [0.4, 0.5) is 0 Å². The Hall–Kier alpha value is -8.63. The standard InChI is InChI=1S/C41H46N4O9S.C40H47N3O10S.2CH4/c1-7-10-51-36-20(3)37-38(54-18-53-37)30-26-16-52-40(48)41(23-14-28(49-5)27(46)13-21(23)8-9-43-41)17-55-39(31(30)36)33-32-29-22(11-19(2)35(50-6)34(29)47)12-24(44(32)4)25(15-42)45(26)33;1-7-10-50-34-19(3)35-36(53-17-52-35)28-24-15-51-39(47)40(22-14-26(48-5)25(44)13-20(22)8-9-41-40)16-54-37(29(28)34)31-30-27-21(11-18(2)33(49-6)32(27)45)12-23(42(30)4)38(46)43(24)31;;/h11,13-14,24-26,32-33,39,43,46-47H,7-10,12,16-18H2,1-6H3;11,13-14,23-24,30-31,37-38,41,44-46H,7-10,12,15-17H2,1-6H3;2*1H4/t24-,25-,26-,32+,33?,39+,41+;23-,24-,30+,31?,37+,38-,40+;;/m00../s1. The van der Waals surface area contributed by atoms with Gasteiger partial charge < -0.3 is 82.4 Å². The Balaban J connectivity index is 0.000000173. The molecule has 4 fully saturated rings. The van der Waals surface area contributed by atoms with Gasteiger partial charge in [-0.25, -0.2) is 9.59 Å². The second-order valence-corrected chi connectivity index (χ2v) is 32.8. The van der Waals surface area contributed by atoms with Gasteiger partial charge in [0.1, 0.15) is 37.0 Å². The number of carbonyl (C=O) groups is 2. The highest BCUT2D eigenvalue weighted by atomic mass is 32.2. The van der Waals surface area contributed by atoms with Crippen LogP contribution in [0.15, 0.2) is 36.4 Å². The summed E-state index contributed by atoms with van der Waals surface area (Å²) in [4.78, 5) is 38.3. The van der Waals surface area contributed by atoms with Crippen molar-refractivity contribution in [1.82, 2.24) is 30.2 Å². The summed E-state index contributed by atoms with van der Waals surface area (Å²) in [6.07, 6.45) is 2.83. The number of rotatable bonds is 10. The lowest BCUT2D eigenvalue weighted by molar-refractivity contribution is -0.186. The van der Waals surface area contributed by atoms with E-state index >= 15 is 0 Å². The number of methoxy groups -OCH3 is 4. The molecule has 8 bridgehead atoms. The Kier molecular flexibility index (Phi) is 20.6. The summed E-state index contributed by atoms with van der Waals surface area (Å²) in [5.74, 6) is 4.92. The molecule has 0 aromatic heterocycles. The lowest BCUT2D eigenvalue weighted by Gasteiger charge is -2.62. The van der Waals surface area contributed by atoms with Crippen molar-refractivity contribution in [3.8, 4) is 86.6 Å². The number of ether oxygens (including phenoxy) is 12. The second kappa shape index (κ2) is 29.4. The van der Waals surface area contributed by atoms with E-state index in [-0.39, 0.29) is 106 Å². The maximum atomic E-state index is 14.8. The maximum Gasteiger partial charge on any atom is 0.331 e. The summed E-state index contributed by atoms with van der Waals surface area (Å²) in [5.41, 5.74) is 10.7. The van der Waals surface area contributed by atoms with Crippen molar-refractivity contribution in [2.24, 2.45) is 0 Å². The molecule has 4 saturated heterocycles. The van der Waals surface area contributed by atoms with E-state index in [0.29, 0.717) is 109 Å². The number of phenolic OH excluding ortho intramolecular Hbond substituents is 4. The number of likely N-dealkylation sites (N-methyl/N-ethyl adjacent to an activating group) is 2. The van der Waals surface area contributed by atoms with Gasteiger partial charge in [0, 0.05) is 87.2 Å². The van der Waals surface area contributed by atoms with Crippen LogP contribution in [0, 0.1) is 39.0 Å². The number of benzene rings is 6. The molecule has 6 aromatic carbocycles. The quantitative estimate of drug-likeness (QED) is 0.0627. The first kappa shape index (κ1) is 77.7. The van der Waals surface area contributed by atoms with E-state index in [1.54, 1.807) is 62.0 Å². The number of phenols is 4. The average Bonchev–Trinajstić information content (AvgIpc) is 1.43. The Morgan fingerprint density at radius 3 is 1.41 bits per heavy atom. The third-order valence-corrected chi connectivity index (χ3v) is 28.1.